The number of fused-ring (bicyclic) bond motifs is 1. The maximum absolute atomic E-state index is 12.8. The molecule has 2 aliphatic heterocycles. The highest BCUT2D eigenvalue weighted by molar-refractivity contribution is 8.27. The van der Waals surface area contributed by atoms with E-state index in [0.29, 0.717) is 15.2 Å². The standard InChI is InChI=1S/C24H18ClN5OS/c1-14-12-17(15(2)29(14)19-10-8-18(25)9-11-19)13-20-21(26)30-24(27-22(20)31)32-23(28-30)16-6-4-3-5-7-16/h3-13,26H,1-2H3/b20-13+,26-21?. The summed E-state index contributed by atoms with van der Waals surface area (Å²) in [7, 11) is 0. The Kier molecular flexibility index (Phi) is 5.07. The summed E-state index contributed by atoms with van der Waals surface area (Å²) in [4.78, 5) is 17.0. The third-order valence-electron chi connectivity index (χ3n) is 5.33. The predicted octanol–water partition coefficient (Wildman–Crippen LogP) is 5.42. The van der Waals surface area contributed by atoms with Gasteiger partial charge in [-0.25, -0.2) is 0 Å². The van der Waals surface area contributed by atoms with Crippen LogP contribution in [0.5, 0.6) is 0 Å². The first-order valence-corrected chi connectivity index (χ1v) is 11.1. The van der Waals surface area contributed by atoms with E-state index in [9.17, 15) is 4.79 Å². The lowest BCUT2D eigenvalue weighted by molar-refractivity contribution is -0.114. The van der Waals surface area contributed by atoms with Gasteiger partial charge in [-0.3, -0.25) is 10.2 Å². The molecule has 2 aliphatic rings. The third kappa shape index (κ3) is 3.49. The maximum atomic E-state index is 12.8. The molecule has 5 rings (SSSR count). The molecule has 3 aromatic rings. The molecule has 2 aromatic carbocycles. The van der Waals surface area contributed by atoms with Crippen LogP contribution in [0.2, 0.25) is 5.02 Å². The first-order valence-electron chi connectivity index (χ1n) is 9.93. The predicted molar refractivity (Wildman–Crippen MR) is 131 cm³/mol. The fourth-order valence-corrected chi connectivity index (χ4v) is 4.79. The number of nitrogens with zero attached hydrogens (tertiary/aromatic N) is 4. The highest BCUT2D eigenvalue weighted by atomic mass is 35.5. The van der Waals surface area contributed by atoms with Crippen LogP contribution in [0.4, 0.5) is 0 Å². The van der Waals surface area contributed by atoms with E-state index in [1.54, 1.807) is 6.08 Å². The van der Waals surface area contributed by atoms with Crippen LogP contribution < -0.4 is 0 Å². The van der Waals surface area contributed by atoms with Gasteiger partial charge >= 0.3 is 0 Å². The summed E-state index contributed by atoms with van der Waals surface area (Å²) in [6.45, 7) is 3.98. The number of amidine groups is 2. The van der Waals surface area contributed by atoms with E-state index in [1.165, 1.54) is 16.8 Å². The van der Waals surface area contributed by atoms with Gasteiger partial charge in [-0.1, -0.05) is 41.9 Å². The molecule has 1 aromatic heterocycles. The lowest BCUT2D eigenvalue weighted by Gasteiger charge is -2.20. The van der Waals surface area contributed by atoms with Gasteiger partial charge in [-0.15, -0.1) is 0 Å². The summed E-state index contributed by atoms with van der Waals surface area (Å²) in [5.74, 6) is -0.413. The molecule has 32 heavy (non-hydrogen) atoms. The van der Waals surface area contributed by atoms with Crippen molar-refractivity contribution < 1.29 is 4.79 Å². The van der Waals surface area contributed by atoms with Gasteiger partial charge in [0.05, 0.1) is 5.57 Å². The fraction of sp³-hybridized carbons (Fsp3) is 0.0833. The number of rotatable bonds is 3. The van der Waals surface area contributed by atoms with Gasteiger partial charge in [0, 0.05) is 27.7 Å². The minimum atomic E-state index is -0.436. The molecular weight excluding hydrogens is 442 g/mol. The highest BCUT2D eigenvalue weighted by Gasteiger charge is 2.36. The number of aliphatic imine (C=N–C) groups is 1. The fourth-order valence-electron chi connectivity index (χ4n) is 3.77. The second-order valence-electron chi connectivity index (χ2n) is 7.43. The molecule has 3 heterocycles. The van der Waals surface area contributed by atoms with E-state index in [0.717, 1.165) is 28.2 Å². The number of benzene rings is 2. The number of carbonyl (C=O) groups excluding carboxylic acids is 1. The number of thioether (sulfide) groups is 1. The summed E-state index contributed by atoms with van der Waals surface area (Å²) >= 11 is 7.32. The number of amides is 1. The first kappa shape index (κ1) is 20.5. The SMILES string of the molecule is Cc1cc(/C=C2\C(=N)N3N=C(c4ccccc4)SC3=NC2=O)c(C)n1-c1ccc(Cl)cc1. The minimum Gasteiger partial charge on any atom is -0.318 e. The molecule has 158 valence electrons. The molecule has 0 saturated heterocycles. The summed E-state index contributed by atoms with van der Waals surface area (Å²) in [6, 6.07) is 19.3. The van der Waals surface area contributed by atoms with E-state index in [4.69, 9.17) is 17.0 Å². The maximum Gasteiger partial charge on any atom is 0.283 e. The van der Waals surface area contributed by atoms with E-state index in [2.05, 4.69) is 14.7 Å². The van der Waals surface area contributed by atoms with Crippen molar-refractivity contribution in [2.24, 2.45) is 10.1 Å². The van der Waals surface area contributed by atoms with E-state index in [1.807, 2.05) is 74.5 Å². The van der Waals surface area contributed by atoms with Crippen LogP contribution in [-0.2, 0) is 4.79 Å². The van der Waals surface area contributed by atoms with Crippen LogP contribution in [0.3, 0.4) is 0 Å². The van der Waals surface area contributed by atoms with Crippen LogP contribution in [0.1, 0.15) is 22.5 Å². The average Bonchev–Trinajstić information content (AvgIpc) is 3.33. The molecule has 0 unspecified atom stereocenters. The molecular formula is C24H18ClN5OS. The zero-order valence-corrected chi connectivity index (χ0v) is 18.9. The Bertz CT molecular complexity index is 1350. The normalized spacial score (nSPS) is 17.0. The van der Waals surface area contributed by atoms with Gasteiger partial charge in [-0.05, 0) is 67.6 Å². The van der Waals surface area contributed by atoms with Crippen LogP contribution in [0.25, 0.3) is 11.8 Å². The van der Waals surface area contributed by atoms with Crippen LogP contribution >= 0.6 is 23.4 Å². The number of hydrogen-bond acceptors (Lipinski definition) is 4. The van der Waals surface area contributed by atoms with Crippen molar-refractivity contribution in [2.45, 2.75) is 13.8 Å². The van der Waals surface area contributed by atoms with Crippen molar-refractivity contribution in [3.63, 3.8) is 0 Å². The highest BCUT2D eigenvalue weighted by Crippen LogP contribution is 2.32. The zero-order valence-electron chi connectivity index (χ0n) is 17.3. The van der Waals surface area contributed by atoms with Gasteiger partial charge in [0.2, 0.25) is 5.17 Å². The van der Waals surface area contributed by atoms with Gasteiger partial charge < -0.3 is 4.57 Å². The number of hydrogen-bond donors (Lipinski definition) is 1. The number of aryl methyl sites for hydroxylation is 1. The zero-order chi connectivity index (χ0) is 22.4. The van der Waals surface area contributed by atoms with Gasteiger partial charge in [0.25, 0.3) is 5.91 Å². The van der Waals surface area contributed by atoms with Crippen molar-refractivity contribution in [3.05, 3.63) is 93.8 Å². The molecule has 0 saturated carbocycles. The molecule has 1 amide bonds. The second kappa shape index (κ2) is 7.93. The van der Waals surface area contributed by atoms with Crippen molar-refractivity contribution in [3.8, 4) is 5.69 Å². The summed E-state index contributed by atoms with van der Waals surface area (Å²) in [6.07, 6.45) is 1.72. The van der Waals surface area contributed by atoms with Crippen molar-refractivity contribution >= 4 is 51.4 Å². The Morgan fingerprint density at radius 3 is 2.50 bits per heavy atom. The molecule has 1 N–H and O–H groups in total. The number of nitrogens with one attached hydrogen (secondary N) is 1. The van der Waals surface area contributed by atoms with Crippen LogP contribution in [0, 0.1) is 19.3 Å². The molecule has 0 aliphatic carbocycles. The van der Waals surface area contributed by atoms with E-state index >= 15 is 0 Å². The van der Waals surface area contributed by atoms with Crippen LogP contribution in [-0.4, -0.2) is 31.5 Å². The lowest BCUT2D eigenvalue weighted by Crippen LogP contribution is -2.35. The number of aromatic nitrogens is 1. The summed E-state index contributed by atoms with van der Waals surface area (Å²) in [5.41, 5.74) is 4.93. The summed E-state index contributed by atoms with van der Waals surface area (Å²) in [5, 5.41) is 16.4. The smallest absolute Gasteiger partial charge is 0.283 e. The van der Waals surface area contributed by atoms with Crippen LogP contribution in [0.15, 0.2) is 76.3 Å². The number of hydrazone groups is 1. The lowest BCUT2D eigenvalue weighted by atomic mass is 10.1. The third-order valence-corrected chi connectivity index (χ3v) is 6.54. The molecule has 0 spiro atoms. The second-order valence-corrected chi connectivity index (χ2v) is 8.82. The van der Waals surface area contributed by atoms with Gasteiger partial charge in [0.15, 0.2) is 5.84 Å². The average molecular weight is 460 g/mol. The Morgan fingerprint density at radius 1 is 1.06 bits per heavy atom. The Labute approximate surface area is 194 Å². The molecule has 6 nitrogen and oxygen atoms in total. The Balaban J connectivity index is 1.51. The molecule has 8 heteroatoms. The topological polar surface area (TPSA) is 73.8 Å². The van der Waals surface area contributed by atoms with Crippen molar-refractivity contribution in [1.29, 1.82) is 5.41 Å². The Morgan fingerprint density at radius 2 is 1.78 bits per heavy atom. The Hall–Kier alpha value is -3.42. The van der Waals surface area contributed by atoms with Gasteiger partial charge in [-0.2, -0.15) is 15.1 Å². The molecule has 0 atom stereocenters. The largest absolute Gasteiger partial charge is 0.318 e. The molecule has 0 bridgehead atoms. The van der Waals surface area contributed by atoms with Crippen molar-refractivity contribution in [2.75, 3.05) is 0 Å². The monoisotopic (exact) mass is 459 g/mol. The quantitative estimate of drug-likeness (QED) is 0.532. The first-order chi connectivity index (χ1) is 15.4. The number of carbonyl (C=O) groups is 1. The van der Waals surface area contributed by atoms with Gasteiger partial charge in [0.1, 0.15) is 5.04 Å². The van der Waals surface area contributed by atoms with E-state index < -0.39 is 5.91 Å². The molecule has 0 fully saturated rings. The minimum absolute atomic E-state index is 0.0229. The summed E-state index contributed by atoms with van der Waals surface area (Å²) < 4.78 is 2.09. The molecule has 0 radical (unpaired) electrons. The van der Waals surface area contributed by atoms with Crippen molar-refractivity contribution in [1.82, 2.24) is 9.58 Å². The number of halogens is 1. The van der Waals surface area contributed by atoms with E-state index in [-0.39, 0.29) is 11.4 Å².